The maximum absolute atomic E-state index is 15.5. The van der Waals surface area contributed by atoms with E-state index in [0.717, 1.165) is 29.6 Å². The molecule has 1 unspecified atom stereocenters. The van der Waals surface area contributed by atoms with Crippen molar-refractivity contribution < 1.29 is 35.5 Å². The highest BCUT2D eigenvalue weighted by Gasteiger charge is 2.66. The number of fused-ring (bicyclic) bond motifs is 4. The molecule has 306 valence electrons. The molecule has 3 aliphatic rings. The van der Waals surface area contributed by atoms with Crippen LogP contribution < -0.4 is 10.0 Å². The maximum Gasteiger partial charge on any atom is 0.293 e. The van der Waals surface area contributed by atoms with Crippen LogP contribution in [0.4, 0.5) is 23.4 Å². The first-order valence-corrected chi connectivity index (χ1v) is 20.7. The van der Waals surface area contributed by atoms with Crippen molar-refractivity contribution in [3.05, 3.63) is 93.0 Å². The third-order valence-corrected chi connectivity index (χ3v) is 11.6. The van der Waals surface area contributed by atoms with Crippen LogP contribution in [0, 0.1) is 40.7 Å². The van der Waals surface area contributed by atoms with Gasteiger partial charge in [-0.15, -0.1) is 0 Å². The molecular weight excluding hydrogens is 814 g/mol. The number of sulfonamides is 1. The van der Waals surface area contributed by atoms with Gasteiger partial charge in [0.2, 0.25) is 15.9 Å². The Balaban J connectivity index is 1.28. The molecule has 0 bridgehead atoms. The number of pyridine rings is 1. The summed E-state index contributed by atoms with van der Waals surface area (Å²) < 4.78 is 95.6. The van der Waals surface area contributed by atoms with E-state index in [0.29, 0.717) is 35.9 Å². The molecular formula is C40H36ClF4N9O4S. The zero-order valence-electron chi connectivity index (χ0n) is 32.1. The lowest BCUT2D eigenvalue weighted by Gasteiger charge is -2.35. The largest absolute Gasteiger partial charge is 0.360 e. The molecule has 1 saturated carbocycles. The van der Waals surface area contributed by atoms with Crippen molar-refractivity contribution in [3.63, 3.8) is 0 Å². The van der Waals surface area contributed by atoms with E-state index in [1.54, 1.807) is 25.2 Å². The Labute approximate surface area is 341 Å². The molecule has 0 spiro atoms. The first-order chi connectivity index (χ1) is 27.8. The number of morpholine rings is 1. The second kappa shape index (κ2) is 14.6. The number of benzene rings is 2. The Bertz CT molecular complexity index is 2770. The third kappa shape index (κ3) is 7.73. The molecule has 8 rings (SSSR count). The van der Waals surface area contributed by atoms with Crippen LogP contribution in [0.3, 0.4) is 0 Å². The fourth-order valence-corrected chi connectivity index (χ4v) is 8.98. The zero-order valence-corrected chi connectivity index (χ0v) is 33.7. The van der Waals surface area contributed by atoms with Gasteiger partial charge in [-0.25, -0.2) is 22.2 Å². The second-order valence-electron chi connectivity index (χ2n) is 15.4. The molecule has 13 nitrogen and oxygen atoms in total. The molecule has 3 aromatic heterocycles. The number of nitriles is 1. The molecule has 4 heterocycles. The van der Waals surface area contributed by atoms with Crippen molar-refractivity contribution in [2.24, 2.45) is 13.0 Å². The summed E-state index contributed by atoms with van der Waals surface area (Å²) in [5.74, 6) is -1.16. The van der Waals surface area contributed by atoms with Crippen molar-refractivity contribution in [2.45, 2.75) is 49.8 Å². The summed E-state index contributed by atoms with van der Waals surface area (Å²) in [7, 11) is -0.275. The monoisotopic (exact) mass is 849 g/mol. The number of halogens is 5. The predicted octanol–water partition coefficient (Wildman–Crippen LogP) is 5.39. The zero-order chi connectivity index (χ0) is 42.2. The maximum atomic E-state index is 15.5. The summed E-state index contributed by atoms with van der Waals surface area (Å²) in [5.41, 5.74) is 0.329. The number of hydrogen-bond donors (Lipinski definition) is 2. The van der Waals surface area contributed by atoms with E-state index < -0.39 is 69.2 Å². The highest BCUT2D eigenvalue weighted by molar-refractivity contribution is 7.92. The van der Waals surface area contributed by atoms with E-state index >= 15 is 8.78 Å². The smallest absolute Gasteiger partial charge is 0.293 e. The molecule has 59 heavy (non-hydrogen) atoms. The summed E-state index contributed by atoms with van der Waals surface area (Å²) in [6, 6.07) is 10.1. The van der Waals surface area contributed by atoms with Gasteiger partial charge in [0.25, 0.3) is 5.92 Å². The number of carbonyl (C=O) groups excluding carboxylic acids is 1. The number of anilines is 1. The summed E-state index contributed by atoms with van der Waals surface area (Å²) in [4.78, 5) is 21.1. The van der Waals surface area contributed by atoms with Gasteiger partial charge in [0.05, 0.1) is 40.5 Å². The van der Waals surface area contributed by atoms with Gasteiger partial charge in [-0.3, -0.25) is 18.9 Å². The molecule has 1 amide bonds. The van der Waals surface area contributed by atoms with Crippen molar-refractivity contribution in [2.75, 3.05) is 37.7 Å². The number of likely N-dealkylation sites (N-methyl/N-ethyl adjacent to an activating group) is 1. The quantitative estimate of drug-likeness (QED) is 0.147. The molecule has 2 aliphatic carbocycles. The van der Waals surface area contributed by atoms with E-state index in [-0.39, 0.29) is 57.3 Å². The number of aromatic nitrogens is 5. The number of carbonyl (C=O) groups is 1. The molecule has 2 N–H and O–H groups in total. The molecule has 5 aromatic rings. The first-order valence-electron chi connectivity index (χ1n) is 18.5. The second-order valence-corrected chi connectivity index (χ2v) is 17.6. The first kappa shape index (κ1) is 40.3. The molecule has 1 aliphatic heterocycles. The Morgan fingerprint density at radius 2 is 1.85 bits per heavy atom. The number of nitrogens with one attached hydrogen (secondary N) is 2. The molecule has 2 aromatic carbocycles. The van der Waals surface area contributed by atoms with Gasteiger partial charge in [0.15, 0.2) is 11.5 Å². The molecule has 1 saturated heterocycles. The van der Waals surface area contributed by atoms with Crippen LogP contribution >= 0.6 is 11.6 Å². The summed E-state index contributed by atoms with van der Waals surface area (Å²) >= 11 is 6.65. The van der Waals surface area contributed by atoms with E-state index in [4.69, 9.17) is 21.3 Å². The molecule has 0 radical (unpaired) electrons. The van der Waals surface area contributed by atoms with Crippen molar-refractivity contribution in [1.29, 1.82) is 5.26 Å². The summed E-state index contributed by atoms with van der Waals surface area (Å²) in [6.07, 6.45) is 0.941. The van der Waals surface area contributed by atoms with Crippen molar-refractivity contribution in [1.82, 2.24) is 34.8 Å². The average molecular weight is 850 g/mol. The SMILES string of the molecule is CN1CCO[C@](C)(C#Cc2ccc(-c3ccc(Cl)c4c(NS(C)(=O)=O)nn(C)c34)c([C@H](Cc3cc(F)cc(F)c3)NC(=O)Cn3nc(C#N)c4c3C(F)(F)[C@@H]3CC43)n2)C1. The van der Waals surface area contributed by atoms with Crippen molar-refractivity contribution >= 4 is 44.3 Å². The normalized spacial score (nSPS) is 21.2. The highest BCUT2D eigenvalue weighted by atomic mass is 35.5. The van der Waals surface area contributed by atoms with E-state index in [1.807, 2.05) is 20.0 Å². The van der Waals surface area contributed by atoms with Crippen LogP contribution in [0.15, 0.2) is 42.5 Å². The number of alkyl halides is 2. The van der Waals surface area contributed by atoms with E-state index in [1.165, 1.54) is 10.7 Å². The third-order valence-electron chi connectivity index (χ3n) is 10.7. The lowest BCUT2D eigenvalue weighted by molar-refractivity contribution is -0.122. The van der Waals surface area contributed by atoms with Crippen LogP contribution in [0.2, 0.25) is 5.02 Å². The van der Waals surface area contributed by atoms with Gasteiger partial charge < -0.3 is 15.0 Å². The average Bonchev–Trinajstić information content (AvgIpc) is 3.69. The predicted molar refractivity (Wildman–Crippen MR) is 209 cm³/mol. The van der Waals surface area contributed by atoms with Crippen LogP contribution in [-0.2, 0) is 45.5 Å². The molecule has 2 fully saturated rings. The number of ether oxygens (including phenoxy) is 1. The van der Waals surface area contributed by atoms with Gasteiger partial charge in [0, 0.05) is 48.8 Å². The Morgan fingerprint density at radius 3 is 2.54 bits per heavy atom. The number of amides is 1. The van der Waals surface area contributed by atoms with Crippen LogP contribution in [0.5, 0.6) is 0 Å². The fourth-order valence-electron chi connectivity index (χ4n) is 8.24. The van der Waals surface area contributed by atoms with E-state index in [9.17, 15) is 27.3 Å². The lowest BCUT2D eigenvalue weighted by Crippen LogP contribution is -2.47. The number of rotatable bonds is 9. The standard InChI is InChI=1S/C40H36ClF4N9O4S/c1-39(20-52(2)11-12-58-39)10-9-24-5-6-25(26-7-8-29(41)34-36(26)53(3)50-38(34)51-59(4,56)57)35(47-24)30(15-21-13-22(42)16-23(43)14-21)48-32(55)19-54-37-33(31(18-46)49-54)27-17-28(27)40(37,44)45/h5-8,13-14,16,27-28,30H,11-12,15,17,19-20H2,1-4H3,(H,48,55)(H,50,51)/t27?,28-,30+,39-/m1/s1. The van der Waals surface area contributed by atoms with E-state index in [2.05, 4.69) is 37.0 Å². The van der Waals surface area contributed by atoms with Crippen LogP contribution in [0.25, 0.3) is 22.0 Å². The van der Waals surface area contributed by atoms with Gasteiger partial charge in [-0.2, -0.15) is 24.2 Å². The Kier molecular flexibility index (Phi) is 9.98. The molecule has 19 heteroatoms. The van der Waals surface area contributed by atoms with Crippen LogP contribution in [-0.4, -0.2) is 82.4 Å². The summed E-state index contributed by atoms with van der Waals surface area (Å²) in [5, 5.41) is 21.5. The van der Waals surface area contributed by atoms with Gasteiger partial charge in [-0.1, -0.05) is 23.6 Å². The topological polar surface area (TPSA) is 160 Å². The van der Waals surface area contributed by atoms with Crippen molar-refractivity contribution in [3.8, 4) is 29.0 Å². The minimum atomic E-state index is -3.80. The Morgan fingerprint density at radius 1 is 1.12 bits per heavy atom. The highest BCUT2D eigenvalue weighted by Crippen LogP contribution is 2.67. The van der Waals surface area contributed by atoms with Gasteiger partial charge in [-0.05, 0) is 74.5 Å². The fraction of sp³-hybridized carbons (Fsp3) is 0.375. The van der Waals surface area contributed by atoms with Crippen LogP contribution in [0.1, 0.15) is 59.2 Å². The summed E-state index contributed by atoms with van der Waals surface area (Å²) in [6.45, 7) is 2.82. The van der Waals surface area contributed by atoms with Gasteiger partial charge in [0.1, 0.15) is 41.2 Å². The lowest BCUT2D eigenvalue weighted by atomic mass is 9.93. The Hall–Kier alpha value is -5.53. The number of aryl methyl sites for hydroxylation is 1. The number of nitrogens with zero attached hydrogens (tertiary/aromatic N) is 7. The minimum Gasteiger partial charge on any atom is -0.360 e. The molecule has 4 atom stereocenters. The number of hydrogen-bond acceptors (Lipinski definition) is 9. The van der Waals surface area contributed by atoms with Gasteiger partial charge >= 0.3 is 0 Å². The minimum absolute atomic E-state index is 0.0439.